The fourth-order valence-corrected chi connectivity index (χ4v) is 1.41. The van der Waals surface area contributed by atoms with Crippen molar-refractivity contribution < 1.29 is 14.1 Å². The van der Waals surface area contributed by atoms with Crippen LogP contribution >= 0.6 is 0 Å². The van der Waals surface area contributed by atoms with Gasteiger partial charge in [-0.2, -0.15) is 10.1 Å². The summed E-state index contributed by atoms with van der Waals surface area (Å²) in [5.41, 5.74) is 3.42. The van der Waals surface area contributed by atoms with E-state index < -0.39 is 5.97 Å². The number of benzene rings is 1. The molecule has 20 heavy (non-hydrogen) atoms. The maximum absolute atomic E-state index is 11.9. The summed E-state index contributed by atoms with van der Waals surface area (Å²) in [7, 11) is 0. The number of carbonyl (C=O) groups excluding carboxylic acids is 1. The highest BCUT2D eigenvalue weighted by molar-refractivity contribution is 6.42. The lowest BCUT2D eigenvalue weighted by atomic mass is 10.3. The molecule has 1 heterocycles. The van der Waals surface area contributed by atoms with E-state index in [9.17, 15) is 4.79 Å². The number of aryl methyl sites for hydroxylation is 1. The van der Waals surface area contributed by atoms with E-state index in [0.29, 0.717) is 5.82 Å². The normalized spacial score (nSPS) is 11.2. The zero-order chi connectivity index (χ0) is 14.4. The molecule has 7 nitrogen and oxygen atoms in total. The van der Waals surface area contributed by atoms with Crippen molar-refractivity contribution >= 4 is 17.4 Å². The molecule has 0 bridgehead atoms. The Morgan fingerprint density at radius 2 is 2.15 bits per heavy atom. The molecule has 0 aliphatic rings. The van der Waals surface area contributed by atoms with E-state index in [4.69, 9.17) is 9.26 Å². The van der Waals surface area contributed by atoms with Gasteiger partial charge in [-0.1, -0.05) is 23.4 Å². The summed E-state index contributed by atoms with van der Waals surface area (Å²) < 4.78 is 9.87. The minimum atomic E-state index is -0.625. The minimum absolute atomic E-state index is 0.0179. The van der Waals surface area contributed by atoms with Crippen LogP contribution in [-0.4, -0.2) is 28.4 Å². The molecule has 1 aromatic carbocycles. The van der Waals surface area contributed by atoms with Crippen LogP contribution in [0.1, 0.15) is 18.6 Å². The first kappa shape index (κ1) is 13.7. The Morgan fingerprint density at radius 1 is 1.40 bits per heavy atom. The van der Waals surface area contributed by atoms with E-state index in [1.54, 1.807) is 13.8 Å². The van der Waals surface area contributed by atoms with E-state index in [0.717, 1.165) is 5.69 Å². The monoisotopic (exact) mass is 274 g/mol. The molecule has 104 valence electrons. The van der Waals surface area contributed by atoms with Crippen LogP contribution in [0.2, 0.25) is 0 Å². The van der Waals surface area contributed by atoms with Crippen LogP contribution in [0.25, 0.3) is 0 Å². The largest absolute Gasteiger partial charge is 0.461 e. The molecular formula is C13H14N4O3. The van der Waals surface area contributed by atoms with Gasteiger partial charge in [0, 0.05) is 0 Å². The summed E-state index contributed by atoms with van der Waals surface area (Å²) in [6, 6.07) is 9.19. The van der Waals surface area contributed by atoms with E-state index >= 15 is 0 Å². The molecule has 0 fully saturated rings. The Bertz CT molecular complexity index is 607. The molecule has 1 N–H and O–H groups in total. The Kier molecular flexibility index (Phi) is 4.43. The van der Waals surface area contributed by atoms with E-state index in [1.807, 2.05) is 30.3 Å². The number of rotatable bonds is 5. The fourth-order valence-electron chi connectivity index (χ4n) is 1.41. The van der Waals surface area contributed by atoms with E-state index in [2.05, 4.69) is 20.7 Å². The van der Waals surface area contributed by atoms with Gasteiger partial charge in [-0.3, -0.25) is 5.43 Å². The number of carbonyl (C=O) groups is 1. The highest BCUT2D eigenvalue weighted by Gasteiger charge is 2.22. The van der Waals surface area contributed by atoms with Gasteiger partial charge in [0.2, 0.25) is 5.71 Å². The van der Waals surface area contributed by atoms with Gasteiger partial charge in [0.25, 0.3) is 5.89 Å². The van der Waals surface area contributed by atoms with Crippen molar-refractivity contribution in [2.24, 2.45) is 5.10 Å². The number of hydrogen-bond acceptors (Lipinski definition) is 7. The van der Waals surface area contributed by atoms with Crippen molar-refractivity contribution in [3.63, 3.8) is 0 Å². The van der Waals surface area contributed by atoms with Crippen LogP contribution in [0.4, 0.5) is 5.69 Å². The number of nitrogens with one attached hydrogen (secondary N) is 1. The third-order valence-electron chi connectivity index (χ3n) is 2.27. The third kappa shape index (κ3) is 3.41. The fraction of sp³-hybridized carbons (Fsp3) is 0.231. The number of nitrogens with zero attached hydrogens (tertiary/aromatic N) is 3. The van der Waals surface area contributed by atoms with Gasteiger partial charge in [-0.15, -0.1) is 0 Å². The van der Waals surface area contributed by atoms with E-state index in [-0.39, 0.29) is 18.2 Å². The number of hydrogen-bond donors (Lipinski definition) is 1. The Morgan fingerprint density at radius 3 is 2.75 bits per heavy atom. The average molecular weight is 274 g/mol. The molecule has 2 aromatic rings. The Labute approximate surface area is 115 Å². The van der Waals surface area contributed by atoms with Gasteiger partial charge in [0.05, 0.1) is 12.3 Å². The standard InChI is InChI=1S/C13H14N4O3/c1-3-19-13(18)11(12-14-9(2)17-20-12)16-15-10-7-5-4-6-8-10/h4-8,15H,3H2,1-2H3/b16-11+. The van der Waals surface area contributed by atoms with Crippen molar-refractivity contribution in [2.45, 2.75) is 13.8 Å². The molecule has 0 amide bonds. The Hall–Kier alpha value is -2.70. The predicted octanol–water partition coefficient (Wildman–Crippen LogP) is 1.76. The van der Waals surface area contributed by atoms with Crippen LogP contribution in [0, 0.1) is 6.92 Å². The third-order valence-corrected chi connectivity index (χ3v) is 2.27. The molecule has 0 unspecified atom stereocenters. The number of para-hydroxylation sites is 1. The zero-order valence-electron chi connectivity index (χ0n) is 11.2. The van der Waals surface area contributed by atoms with Gasteiger partial charge in [0.1, 0.15) is 0 Å². The van der Waals surface area contributed by atoms with Gasteiger partial charge in [-0.05, 0) is 26.0 Å². The highest BCUT2D eigenvalue weighted by atomic mass is 16.5. The van der Waals surface area contributed by atoms with Crippen LogP contribution in [0.5, 0.6) is 0 Å². The maximum atomic E-state index is 11.9. The summed E-state index contributed by atoms with van der Waals surface area (Å²) in [4.78, 5) is 15.8. The molecule has 0 atom stereocenters. The van der Waals surface area contributed by atoms with Crippen molar-refractivity contribution in [1.29, 1.82) is 0 Å². The molecule has 0 saturated heterocycles. The molecule has 0 radical (unpaired) electrons. The molecular weight excluding hydrogens is 260 g/mol. The van der Waals surface area contributed by atoms with E-state index in [1.165, 1.54) is 0 Å². The maximum Gasteiger partial charge on any atom is 0.364 e. The molecule has 7 heteroatoms. The summed E-state index contributed by atoms with van der Waals surface area (Å²) >= 11 is 0. The van der Waals surface area contributed by atoms with Crippen LogP contribution in [0.15, 0.2) is 40.0 Å². The van der Waals surface area contributed by atoms with Gasteiger partial charge in [-0.25, -0.2) is 4.79 Å². The topological polar surface area (TPSA) is 89.6 Å². The molecule has 0 aliphatic carbocycles. The first-order chi connectivity index (χ1) is 9.70. The SMILES string of the molecule is CCOC(=O)/C(=N/Nc1ccccc1)c1nc(C)no1. The Balaban J connectivity index is 2.24. The lowest BCUT2D eigenvalue weighted by Crippen LogP contribution is -2.20. The minimum Gasteiger partial charge on any atom is -0.461 e. The van der Waals surface area contributed by atoms with Crippen molar-refractivity contribution in [3.8, 4) is 0 Å². The number of aromatic nitrogens is 2. The van der Waals surface area contributed by atoms with Gasteiger partial charge in [0.15, 0.2) is 5.82 Å². The second kappa shape index (κ2) is 6.46. The summed E-state index contributed by atoms with van der Waals surface area (Å²) in [6.45, 7) is 3.59. The zero-order valence-corrected chi connectivity index (χ0v) is 11.2. The molecule has 0 aliphatic heterocycles. The molecule has 2 rings (SSSR count). The highest BCUT2D eigenvalue weighted by Crippen LogP contribution is 2.07. The lowest BCUT2D eigenvalue weighted by Gasteiger charge is -2.03. The molecule has 0 spiro atoms. The molecule has 1 aromatic heterocycles. The van der Waals surface area contributed by atoms with Gasteiger partial charge < -0.3 is 9.26 Å². The smallest absolute Gasteiger partial charge is 0.364 e. The van der Waals surface area contributed by atoms with Crippen molar-refractivity contribution in [2.75, 3.05) is 12.0 Å². The van der Waals surface area contributed by atoms with Crippen molar-refractivity contribution in [1.82, 2.24) is 10.1 Å². The summed E-state index contributed by atoms with van der Waals surface area (Å²) in [6.07, 6.45) is 0. The first-order valence-corrected chi connectivity index (χ1v) is 6.07. The quantitative estimate of drug-likeness (QED) is 0.507. The predicted molar refractivity (Wildman–Crippen MR) is 72.3 cm³/mol. The van der Waals surface area contributed by atoms with Crippen LogP contribution in [0.3, 0.4) is 0 Å². The number of ether oxygens (including phenoxy) is 1. The average Bonchev–Trinajstić information content (AvgIpc) is 2.87. The van der Waals surface area contributed by atoms with Gasteiger partial charge >= 0.3 is 5.97 Å². The van der Waals surface area contributed by atoms with Crippen molar-refractivity contribution in [3.05, 3.63) is 42.0 Å². The second-order valence-electron chi connectivity index (χ2n) is 3.81. The number of anilines is 1. The number of esters is 1. The number of hydrazone groups is 1. The second-order valence-corrected chi connectivity index (χ2v) is 3.81. The first-order valence-electron chi connectivity index (χ1n) is 6.07. The summed E-state index contributed by atoms with van der Waals surface area (Å²) in [5, 5.41) is 7.62. The van der Waals surface area contributed by atoms with Crippen LogP contribution < -0.4 is 5.43 Å². The lowest BCUT2D eigenvalue weighted by molar-refractivity contribution is -0.135. The molecule has 0 saturated carbocycles. The summed E-state index contributed by atoms with van der Waals surface area (Å²) in [5.74, 6) is -0.194. The van der Waals surface area contributed by atoms with Crippen LogP contribution in [-0.2, 0) is 9.53 Å².